The lowest BCUT2D eigenvalue weighted by Gasteiger charge is -2.05. The van der Waals surface area contributed by atoms with E-state index in [4.69, 9.17) is 5.73 Å². The van der Waals surface area contributed by atoms with E-state index < -0.39 is 0 Å². The van der Waals surface area contributed by atoms with Crippen LogP contribution in [0.3, 0.4) is 0 Å². The first-order valence-electron chi connectivity index (χ1n) is 7.17. The lowest BCUT2D eigenvalue weighted by molar-refractivity contribution is 0.0956. The third kappa shape index (κ3) is 2.71. The van der Waals surface area contributed by atoms with Crippen LogP contribution >= 0.6 is 11.3 Å². The minimum absolute atomic E-state index is 0.0106. The van der Waals surface area contributed by atoms with E-state index in [0.717, 1.165) is 30.8 Å². The predicted molar refractivity (Wildman–Crippen MR) is 80.0 cm³/mol. The molecule has 0 aromatic carbocycles. The molecule has 0 bridgehead atoms. The number of carbonyl (C=O) groups is 1. The van der Waals surface area contributed by atoms with Crippen LogP contribution in [0, 0.1) is 0 Å². The van der Waals surface area contributed by atoms with Gasteiger partial charge in [0.1, 0.15) is 4.88 Å². The maximum atomic E-state index is 12.2. The molecule has 3 rings (SSSR count). The van der Waals surface area contributed by atoms with Crippen molar-refractivity contribution in [2.75, 3.05) is 17.6 Å². The highest BCUT2D eigenvalue weighted by molar-refractivity contribution is 7.18. The summed E-state index contributed by atoms with van der Waals surface area (Å²) in [7, 11) is 0. The van der Waals surface area contributed by atoms with Crippen LogP contribution in [0.15, 0.2) is 0 Å². The molecule has 4 N–H and O–H groups in total. The first-order chi connectivity index (χ1) is 9.20. The molecule has 0 unspecified atom stereocenters. The third-order valence-electron chi connectivity index (χ3n) is 3.62. The molecule has 0 aliphatic heterocycles. The number of rotatable bonds is 6. The Morgan fingerprint density at radius 1 is 1.37 bits per heavy atom. The van der Waals surface area contributed by atoms with Crippen LogP contribution < -0.4 is 16.4 Å². The molecule has 0 spiro atoms. The number of carbonyl (C=O) groups excluding carboxylic acids is 1. The zero-order chi connectivity index (χ0) is 13.4. The van der Waals surface area contributed by atoms with Gasteiger partial charge in [0.25, 0.3) is 5.91 Å². The Balaban J connectivity index is 1.84. The number of nitrogens with two attached hydrogens (primary N) is 1. The second-order valence-electron chi connectivity index (χ2n) is 5.54. The van der Waals surface area contributed by atoms with Crippen molar-refractivity contribution in [3.05, 3.63) is 10.4 Å². The molecule has 0 atom stereocenters. The van der Waals surface area contributed by atoms with Gasteiger partial charge in [0.15, 0.2) is 0 Å². The number of amides is 1. The van der Waals surface area contributed by atoms with Crippen molar-refractivity contribution in [2.24, 2.45) is 0 Å². The molecule has 0 saturated heterocycles. The van der Waals surface area contributed by atoms with E-state index in [1.807, 2.05) is 0 Å². The molecular formula is C14H21N3OS. The molecular weight excluding hydrogens is 258 g/mol. The van der Waals surface area contributed by atoms with Gasteiger partial charge in [0.05, 0.1) is 10.7 Å². The molecule has 19 heavy (non-hydrogen) atoms. The van der Waals surface area contributed by atoms with E-state index in [0.29, 0.717) is 22.5 Å². The summed E-state index contributed by atoms with van der Waals surface area (Å²) in [5.74, 6) is 0.578. The van der Waals surface area contributed by atoms with Crippen molar-refractivity contribution >= 4 is 27.9 Å². The first kappa shape index (κ1) is 12.8. The van der Waals surface area contributed by atoms with Gasteiger partial charge in [-0.2, -0.15) is 0 Å². The van der Waals surface area contributed by atoms with Crippen LogP contribution in [0.25, 0.3) is 0 Å². The van der Waals surface area contributed by atoms with Crippen molar-refractivity contribution in [1.82, 2.24) is 5.32 Å². The van der Waals surface area contributed by atoms with Crippen molar-refractivity contribution in [3.8, 4) is 0 Å². The van der Waals surface area contributed by atoms with Crippen LogP contribution in [-0.2, 0) is 0 Å². The fourth-order valence-corrected chi connectivity index (χ4v) is 3.39. The van der Waals surface area contributed by atoms with E-state index in [1.165, 1.54) is 29.7 Å². The maximum absolute atomic E-state index is 12.2. The number of thiophene rings is 1. The summed E-state index contributed by atoms with van der Waals surface area (Å²) in [6.07, 6.45) is 5.68. The van der Waals surface area contributed by atoms with Crippen LogP contribution in [0.2, 0.25) is 0 Å². The van der Waals surface area contributed by atoms with Gasteiger partial charge in [0.2, 0.25) is 0 Å². The number of anilines is 2. The van der Waals surface area contributed by atoms with Crippen molar-refractivity contribution in [3.63, 3.8) is 0 Å². The van der Waals surface area contributed by atoms with Crippen LogP contribution in [0.1, 0.15) is 60.2 Å². The number of nitrogens with one attached hydrogen (secondary N) is 2. The highest BCUT2D eigenvalue weighted by atomic mass is 32.1. The first-order valence-corrected chi connectivity index (χ1v) is 7.99. The summed E-state index contributed by atoms with van der Waals surface area (Å²) in [5.41, 5.74) is 8.13. The van der Waals surface area contributed by atoms with Crippen LogP contribution in [0.4, 0.5) is 10.7 Å². The Kier molecular flexibility index (Phi) is 3.39. The smallest absolute Gasteiger partial charge is 0.263 e. The topological polar surface area (TPSA) is 67.2 Å². The molecule has 1 heterocycles. The standard InChI is InChI=1S/C14H21N3OS/c1-2-7-16-14-10(8-3-4-8)11(15)12(19-14)13(18)17-9-5-6-9/h8-9,16H,2-7,15H2,1H3,(H,17,18). The molecule has 0 radical (unpaired) electrons. The van der Waals surface area contributed by atoms with Crippen molar-refractivity contribution < 1.29 is 4.79 Å². The Morgan fingerprint density at radius 3 is 2.68 bits per heavy atom. The van der Waals surface area contributed by atoms with Crippen LogP contribution in [-0.4, -0.2) is 18.5 Å². The number of hydrogen-bond donors (Lipinski definition) is 3. The summed E-state index contributed by atoms with van der Waals surface area (Å²) < 4.78 is 0. The molecule has 2 aliphatic rings. The van der Waals surface area contributed by atoms with Gasteiger partial charge in [-0.3, -0.25) is 4.79 Å². The molecule has 2 fully saturated rings. The second kappa shape index (κ2) is 5.04. The molecule has 2 saturated carbocycles. The average molecular weight is 279 g/mol. The zero-order valence-electron chi connectivity index (χ0n) is 11.3. The summed E-state index contributed by atoms with van der Waals surface area (Å²) in [4.78, 5) is 12.9. The Labute approximate surface area is 117 Å². The van der Waals surface area contributed by atoms with E-state index in [1.54, 1.807) is 0 Å². The number of nitrogen functional groups attached to an aromatic ring is 1. The molecule has 1 amide bonds. The summed E-state index contributed by atoms with van der Waals surface area (Å²) >= 11 is 1.52. The lowest BCUT2D eigenvalue weighted by Crippen LogP contribution is -2.25. The maximum Gasteiger partial charge on any atom is 0.263 e. The second-order valence-corrected chi connectivity index (χ2v) is 6.56. The highest BCUT2D eigenvalue weighted by Gasteiger charge is 2.33. The molecule has 1 aromatic heterocycles. The molecule has 4 nitrogen and oxygen atoms in total. The van der Waals surface area contributed by atoms with Gasteiger partial charge in [-0.25, -0.2) is 0 Å². The minimum atomic E-state index is 0.0106. The molecule has 1 aromatic rings. The SMILES string of the molecule is CCCNc1sc(C(=O)NC2CC2)c(N)c1C1CC1. The van der Waals surface area contributed by atoms with Gasteiger partial charge in [0, 0.05) is 18.2 Å². The van der Waals surface area contributed by atoms with E-state index in [2.05, 4.69) is 17.6 Å². The molecule has 2 aliphatic carbocycles. The fourth-order valence-electron chi connectivity index (χ4n) is 2.25. The predicted octanol–water partition coefficient (Wildman–Crippen LogP) is 2.92. The molecule has 5 heteroatoms. The largest absolute Gasteiger partial charge is 0.397 e. The van der Waals surface area contributed by atoms with Crippen molar-refractivity contribution in [2.45, 2.75) is 51.0 Å². The monoisotopic (exact) mass is 279 g/mol. The van der Waals surface area contributed by atoms with E-state index in [9.17, 15) is 4.79 Å². The fraction of sp³-hybridized carbons (Fsp3) is 0.643. The Hall–Kier alpha value is -1.23. The highest BCUT2D eigenvalue weighted by Crippen LogP contribution is 2.50. The Morgan fingerprint density at radius 2 is 2.11 bits per heavy atom. The summed E-state index contributed by atoms with van der Waals surface area (Å²) in [6.45, 7) is 3.07. The normalized spacial score (nSPS) is 18.4. The quantitative estimate of drug-likeness (QED) is 0.750. The van der Waals surface area contributed by atoms with Gasteiger partial charge in [-0.15, -0.1) is 11.3 Å². The van der Waals surface area contributed by atoms with Gasteiger partial charge >= 0.3 is 0 Å². The third-order valence-corrected chi connectivity index (χ3v) is 4.80. The Bertz CT molecular complexity index is 489. The van der Waals surface area contributed by atoms with E-state index in [-0.39, 0.29) is 5.91 Å². The average Bonchev–Trinajstić information content (AvgIpc) is 3.28. The lowest BCUT2D eigenvalue weighted by atomic mass is 10.1. The van der Waals surface area contributed by atoms with Crippen LogP contribution in [0.5, 0.6) is 0 Å². The summed E-state index contributed by atoms with van der Waals surface area (Å²) in [6, 6.07) is 0.380. The van der Waals surface area contributed by atoms with Gasteiger partial charge in [-0.05, 0) is 38.0 Å². The van der Waals surface area contributed by atoms with Gasteiger partial charge in [-0.1, -0.05) is 6.92 Å². The van der Waals surface area contributed by atoms with E-state index >= 15 is 0 Å². The zero-order valence-corrected chi connectivity index (χ0v) is 12.1. The minimum Gasteiger partial charge on any atom is -0.397 e. The van der Waals surface area contributed by atoms with Gasteiger partial charge < -0.3 is 16.4 Å². The number of hydrogen-bond acceptors (Lipinski definition) is 4. The van der Waals surface area contributed by atoms with Crippen molar-refractivity contribution in [1.29, 1.82) is 0 Å². The molecule has 104 valence electrons. The summed E-state index contributed by atoms with van der Waals surface area (Å²) in [5, 5.41) is 7.57.